The zero-order valence-corrected chi connectivity index (χ0v) is 12.6. The molecule has 116 valence electrons. The van der Waals surface area contributed by atoms with E-state index in [2.05, 4.69) is 5.32 Å². The molecule has 1 aliphatic heterocycles. The van der Waals surface area contributed by atoms with Gasteiger partial charge in [-0.1, -0.05) is 18.0 Å². The molecule has 3 rings (SSSR count). The average molecular weight is 325 g/mol. The summed E-state index contributed by atoms with van der Waals surface area (Å²) in [6.07, 6.45) is 4.07. The lowest BCUT2D eigenvalue weighted by Gasteiger charge is -2.11. The number of benzene rings is 1. The van der Waals surface area contributed by atoms with Crippen molar-refractivity contribution in [3.63, 3.8) is 0 Å². The third-order valence-corrected chi connectivity index (χ3v) is 4.13. The molecule has 1 amide bonds. The van der Waals surface area contributed by atoms with Crippen molar-refractivity contribution in [1.29, 1.82) is 0 Å². The summed E-state index contributed by atoms with van der Waals surface area (Å²) in [5.74, 6) is -2.37. The first-order chi connectivity index (χ1) is 10.6. The van der Waals surface area contributed by atoms with Gasteiger partial charge in [0.2, 0.25) is 0 Å². The van der Waals surface area contributed by atoms with Crippen LogP contribution in [0.15, 0.2) is 24.3 Å². The van der Waals surface area contributed by atoms with Crippen LogP contribution in [0.1, 0.15) is 35.4 Å². The van der Waals surface area contributed by atoms with Gasteiger partial charge < -0.3 is 9.88 Å². The summed E-state index contributed by atoms with van der Waals surface area (Å²) < 4.78 is 28.1. The molecule has 1 aromatic carbocycles. The van der Waals surface area contributed by atoms with E-state index < -0.39 is 17.5 Å². The van der Waals surface area contributed by atoms with E-state index in [1.807, 2.05) is 10.6 Å². The number of carbonyl (C=O) groups is 1. The molecule has 0 bridgehead atoms. The lowest BCUT2D eigenvalue weighted by Crippen LogP contribution is -2.18. The minimum absolute atomic E-state index is 0.198. The minimum atomic E-state index is -1.00. The van der Waals surface area contributed by atoms with E-state index in [-0.39, 0.29) is 5.69 Å². The number of aryl methyl sites for hydroxylation is 1. The molecule has 0 spiro atoms. The van der Waals surface area contributed by atoms with E-state index in [0.717, 1.165) is 50.1 Å². The number of fused-ring (bicyclic) bond motifs is 1. The summed E-state index contributed by atoms with van der Waals surface area (Å²) in [6, 6.07) is 5.06. The Kier molecular flexibility index (Phi) is 4.16. The number of nitrogens with zero attached hydrogens (tertiary/aromatic N) is 1. The average Bonchev–Trinajstić information content (AvgIpc) is 2.64. The van der Waals surface area contributed by atoms with Crippen LogP contribution < -0.4 is 5.32 Å². The van der Waals surface area contributed by atoms with Crippen molar-refractivity contribution in [2.45, 2.75) is 32.2 Å². The van der Waals surface area contributed by atoms with Crippen molar-refractivity contribution in [1.82, 2.24) is 4.57 Å². The van der Waals surface area contributed by atoms with Gasteiger partial charge in [0.1, 0.15) is 5.69 Å². The maximum Gasteiger partial charge on any atom is 0.273 e. The van der Waals surface area contributed by atoms with Crippen LogP contribution in [0.2, 0.25) is 5.02 Å². The zero-order chi connectivity index (χ0) is 15.7. The lowest BCUT2D eigenvalue weighted by atomic mass is 10.2. The quantitative estimate of drug-likeness (QED) is 0.873. The molecule has 0 aliphatic carbocycles. The summed E-state index contributed by atoms with van der Waals surface area (Å²) >= 11 is 6.19. The summed E-state index contributed by atoms with van der Waals surface area (Å²) in [5.41, 5.74) is 1.62. The number of hydrogen-bond donors (Lipinski definition) is 1. The maximum atomic E-state index is 13.2. The van der Waals surface area contributed by atoms with Gasteiger partial charge in [0.05, 0.1) is 5.02 Å². The molecule has 6 heteroatoms. The zero-order valence-electron chi connectivity index (χ0n) is 11.8. The van der Waals surface area contributed by atoms with E-state index >= 15 is 0 Å². The molecule has 1 aromatic heterocycles. The Bertz CT molecular complexity index is 727. The lowest BCUT2D eigenvalue weighted by molar-refractivity contribution is 0.101. The smallest absolute Gasteiger partial charge is 0.273 e. The largest absolute Gasteiger partial charge is 0.339 e. The van der Waals surface area contributed by atoms with Gasteiger partial charge in [-0.3, -0.25) is 4.79 Å². The molecule has 3 nitrogen and oxygen atoms in total. The van der Waals surface area contributed by atoms with Gasteiger partial charge in [-0.25, -0.2) is 8.78 Å². The third kappa shape index (κ3) is 2.86. The normalized spacial score (nSPS) is 14.3. The Morgan fingerprint density at radius 3 is 2.73 bits per heavy atom. The second-order valence-electron chi connectivity index (χ2n) is 5.38. The van der Waals surface area contributed by atoms with Gasteiger partial charge in [-0.2, -0.15) is 0 Å². The van der Waals surface area contributed by atoms with Crippen molar-refractivity contribution < 1.29 is 13.6 Å². The molecule has 2 aromatic rings. The van der Waals surface area contributed by atoms with E-state index in [1.54, 1.807) is 0 Å². The molecule has 0 saturated heterocycles. The van der Waals surface area contributed by atoms with Gasteiger partial charge in [-0.15, -0.1) is 0 Å². The van der Waals surface area contributed by atoms with Gasteiger partial charge in [0, 0.05) is 24.0 Å². The SMILES string of the molecule is O=C(Nc1ccc(F)c(F)c1)c1c(Cl)cc2n1CCCCC2. The topological polar surface area (TPSA) is 34.0 Å². The van der Waals surface area contributed by atoms with E-state index in [9.17, 15) is 13.6 Å². The molecular formula is C16H15ClF2N2O. The summed E-state index contributed by atoms with van der Waals surface area (Å²) in [6.45, 7) is 0.739. The van der Waals surface area contributed by atoms with Crippen LogP contribution in [0.5, 0.6) is 0 Å². The van der Waals surface area contributed by atoms with Crippen molar-refractivity contribution in [2.75, 3.05) is 5.32 Å². The second kappa shape index (κ2) is 6.08. The Balaban J connectivity index is 1.89. The summed E-state index contributed by atoms with van der Waals surface area (Å²) in [7, 11) is 0. The first-order valence-electron chi connectivity index (χ1n) is 7.20. The first-order valence-corrected chi connectivity index (χ1v) is 7.58. The first kappa shape index (κ1) is 15.0. The molecule has 2 heterocycles. The van der Waals surface area contributed by atoms with Crippen molar-refractivity contribution in [2.24, 2.45) is 0 Å². The van der Waals surface area contributed by atoms with Crippen LogP contribution in [-0.2, 0) is 13.0 Å². The molecule has 0 saturated carbocycles. The highest BCUT2D eigenvalue weighted by atomic mass is 35.5. The fourth-order valence-electron chi connectivity index (χ4n) is 2.78. The van der Waals surface area contributed by atoms with Crippen LogP contribution in [0.25, 0.3) is 0 Å². The van der Waals surface area contributed by atoms with Gasteiger partial charge >= 0.3 is 0 Å². The highest BCUT2D eigenvalue weighted by Crippen LogP contribution is 2.27. The summed E-state index contributed by atoms with van der Waals surface area (Å²) in [5, 5.41) is 2.96. The highest BCUT2D eigenvalue weighted by Gasteiger charge is 2.21. The van der Waals surface area contributed by atoms with Crippen molar-refractivity contribution >= 4 is 23.2 Å². The number of carbonyl (C=O) groups excluding carboxylic acids is 1. The molecule has 1 N–H and O–H groups in total. The van der Waals surface area contributed by atoms with Crippen LogP contribution >= 0.6 is 11.6 Å². The second-order valence-corrected chi connectivity index (χ2v) is 5.78. The number of amides is 1. The predicted octanol–water partition coefficient (Wildman–Crippen LogP) is 4.40. The maximum absolute atomic E-state index is 13.2. The molecule has 22 heavy (non-hydrogen) atoms. The monoisotopic (exact) mass is 324 g/mol. The number of halogens is 3. The molecule has 0 unspecified atom stereocenters. The number of rotatable bonds is 2. The van der Waals surface area contributed by atoms with Crippen LogP contribution in [0.3, 0.4) is 0 Å². The summed E-state index contributed by atoms with van der Waals surface area (Å²) in [4.78, 5) is 12.4. The van der Waals surface area contributed by atoms with Gasteiger partial charge in [0.25, 0.3) is 5.91 Å². The number of nitrogens with one attached hydrogen (secondary N) is 1. The molecule has 0 atom stereocenters. The minimum Gasteiger partial charge on any atom is -0.339 e. The number of aromatic nitrogens is 1. The van der Waals surface area contributed by atoms with Crippen molar-refractivity contribution in [3.8, 4) is 0 Å². The molecule has 0 radical (unpaired) electrons. The van der Waals surface area contributed by atoms with Crippen molar-refractivity contribution in [3.05, 3.63) is 52.3 Å². The van der Waals surface area contributed by atoms with Crippen LogP contribution in [0.4, 0.5) is 14.5 Å². The predicted molar refractivity (Wildman–Crippen MR) is 81.3 cm³/mol. The highest BCUT2D eigenvalue weighted by molar-refractivity contribution is 6.34. The van der Waals surface area contributed by atoms with Crippen LogP contribution in [-0.4, -0.2) is 10.5 Å². The van der Waals surface area contributed by atoms with E-state index in [1.165, 1.54) is 6.07 Å². The standard InChI is InChI=1S/C16H15ClF2N2O/c17-12-9-11-4-2-1-3-7-21(11)15(12)16(22)20-10-5-6-13(18)14(19)8-10/h5-6,8-9H,1-4,7H2,(H,20,22). The van der Waals surface area contributed by atoms with Gasteiger partial charge in [0.15, 0.2) is 11.6 Å². The van der Waals surface area contributed by atoms with Crippen LogP contribution in [0, 0.1) is 11.6 Å². The Morgan fingerprint density at radius 2 is 1.95 bits per heavy atom. The Hall–Kier alpha value is -1.88. The number of hydrogen-bond acceptors (Lipinski definition) is 1. The third-order valence-electron chi connectivity index (χ3n) is 3.84. The van der Waals surface area contributed by atoms with E-state index in [0.29, 0.717) is 10.7 Å². The Labute approximate surface area is 131 Å². The van der Waals surface area contributed by atoms with E-state index in [4.69, 9.17) is 11.6 Å². The fourth-order valence-corrected chi connectivity index (χ4v) is 3.09. The molecule has 0 fully saturated rings. The Morgan fingerprint density at radius 1 is 1.14 bits per heavy atom. The number of anilines is 1. The molecule has 1 aliphatic rings. The molecular weight excluding hydrogens is 310 g/mol. The van der Waals surface area contributed by atoms with Gasteiger partial charge in [-0.05, 0) is 37.5 Å². The fraction of sp³-hybridized carbons (Fsp3) is 0.312.